The van der Waals surface area contributed by atoms with Gasteiger partial charge in [0.15, 0.2) is 0 Å². The summed E-state index contributed by atoms with van der Waals surface area (Å²) in [6, 6.07) is 18.3. The molecule has 1 aromatic heterocycles. The van der Waals surface area contributed by atoms with Crippen LogP contribution in [0.4, 0.5) is 0 Å². The summed E-state index contributed by atoms with van der Waals surface area (Å²) >= 11 is 0. The number of piperazine rings is 1. The van der Waals surface area contributed by atoms with Gasteiger partial charge in [0, 0.05) is 38.9 Å². The number of rotatable bonds is 6. The van der Waals surface area contributed by atoms with Crippen molar-refractivity contribution in [2.75, 3.05) is 33.3 Å². The van der Waals surface area contributed by atoms with Crippen molar-refractivity contribution in [3.63, 3.8) is 0 Å². The molecule has 1 aliphatic heterocycles. The third-order valence-electron chi connectivity index (χ3n) is 5.29. The minimum Gasteiger partial charge on any atom is -0.497 e. The quantitative estimate of drug-likeness (QED) is 0.649. The van der Waals surface area contributed by atoms with Gasteiger partial charge in [-0.15, -0.1) is 0 Å². The zero-order valence-corrected chi connectivity index (χ0v) is 16.7. The number of methoxy groups -OCH3 is 1. The van der Waals surface area contributed by atoms with Crippen LogP contribution in [-0.4, -0.2) is 58.8 Å². The molecule has 0 aliphatic carbocycles. The second-order valence-corrected chi connectivity index (χ2v) is 7.33. The maximum Gasteiger partial charge on any atom is 0.257 e. The Morgan fingerprint density at radius 3 is 2.31 bits per heavy atom. The SMILES string of the molecule is COc1ccc(CN2CCN(C(=O)c3cnn(Cc4ccccc4)c3)CC2)cc1. The van der Waals surface area contributed by atoms with Crippen molar-refractivity contribution in [2.45, 2.75) is 13.1 Å². The molecular formula is C23H26N4O2. The van der Waals surface area contributed by atoms with Crippen LogP contribution in [0.3, 0.4) is 0 Å². The number of carbonyl (C=O) groups excluding carboxylic acids is 1. The van der Waals surface area contributed by atoms with Crippen LogP contribution in [0.25, 0.3) is 0 Å². The molecule has 2 aromatic carbocycles. The normalized spacial score (nSPS) is 14.7. The van der Waals surface area contributed by atoms with E-state index < -0.39 is 0 Å². The average molecular weight is 390 g/mol. The highest BCUT2D eigenvalue weighted by atomic mass is 16.5. The summed E-state index contributed by atoms with van der Waals surface area (Å²) in [5.41, 5.74) is 3.08. The Bertz CT molecular complexity index is 929. The lowest BCUT2D eigenvalue weighted by Gasteiger charge is -2.34. The molecule has 6 heteroatoms. The first-order valence-electron chi connectivity index (χ1n) is 9.92. The Morgan fingerprint density at radius 1 is 0.931 bits per heavy atom. The van der Waals surface area contributed by atoms with Crippen LogP contribution in [0.2, 0.25) is 0 Å². The van der Waals surface area contributed by atoms with Crippen LogP contribution >= 0.6 is 0 Å². The highest BCUT2D eigenvalue weighted by molar-refractivity contribution is 5.93. The number of nitrogens with zero attached hydrogens (tertiary/aromatic N) is 4. The first-order valence-corrected chi connectivity index (χ1v) is 9.92. The van der Waals surface area contributed by atoms with Gasteiger partial charge >= 0.3 is 0 Å². The molecule has 0 spiro atoms. The maximum atomic E-state index is 12.8. The summed E-state index contributed by atoms with van der Waals surface area (Å²) in [7, 11) is 1.68. The second-order valence-electron chi connectivity index (χ2n) is 7.33. The Kier molecular flexibility index (Phi) is 5.91. The number of benzene rings is 2. The predicted molar refractivity (Wildman–Crippen MR) is 112 cm³/mol. The molecule has 0 bridgehead atoms. The summed E-state index contributed by atoms with van der Waals surface area (Å²) in [4.78, 5) is 17.1. The summed E-state index contributed by atoms with van der Waals surface area (Å²) in [5, 5.41) is 4.36. The standard InChI is InChI=1S/C23H26N4O2/c1-29-22-9-7-20(8-10-22)16-25-11-13-26(14-12-25)23(28)21-15-24-27(18-21)17-19-5-3-2-4-6-19/h2-10,15,18H,11-14,16-17H2,1H3. The fraction of sp³-hybridized carbons (Fsp3) is 0.304. The van der Waals surface area contributed by atoms with Crippen LogP contribution in [0.15, 0.2) is 67.0 Å². The van der Waals surface area contributed by atoms with Crippen molar-refractivity contribution in [3.05, 3.63) is 83.7 Å². The van der Waals surface area contributed by atoms with E-state index in [0.29, 0.717) is 12.1 Å². The first kappa shape index (κ1) is 19.2. The fourth-order valence-electron chi connectivity index (χ4n) is 3.61. The average Bonchev–Trinajstić information content (AvgIpc) is 3.23. The number of aromatic nitrogens is 2. The Morgan fingerprint density at radius 2 is 1.62 bits per heavy atom. The minimum atomic E-state index is 0.0633. The molecular weight excluding hydrogens is 364 g/mol. The van der Waals surface area contributed by atoms with E-state index in [4.69, 9.17) is 4.74 Å². The number of hydrogen-bond donors (Lipinski definition) is 0. The Labute approximate surface area is 171 Å². The summed E-state index contributed by atoms with van der Waals surface area (Å²) in [6.07, 6.45) is 3.52. The summed E-state index contributed by atoms with van der Waals surface area (Å²) < 4.78 is 7.03. The molecule has 0 unspecified atom stereocenters. The van der Waals surface area contributed by atoms with Crippen LogP contribution < -0.4 is 4.74 Å². The highest BCUT2D eigenvalue weighted by Gasteiger charge is 2.23. The summed E-state index contributed by atoms with van der Waals surface area (Å²) in [6.45, 7) is 4.77. The molecule has 1 fully saturated rings. The minimum absolute atomic E-state index is 0.0633. The number of hydrogen-bond acceptors (Lipinski definition) is 4. The lowest BCUT2D eigenvalue weighted by atomic mass is 10.2. The van der Waals surface area contributed by atoms with Gasteiger partial charge in [0.05, 0.1) is 25.4 Å². The molecule has 3 aromatic rings. The van der Waals surface area contributed by atoms with E-state index in [-0.39, 0.29) is 5.91 Å². The van der Waals surface area contributed by atoms with Gasteiger partial charge in [-0.1, -0.05) is 42.5 Å². The van der Waals surface area contributed by atoms with Crippen molar-refractivity contribution in [1.29, 1.82) is 0 Å². The number of carbonyl (C=O) groups is 1. The lowest BCUT2D eigenvalue weighted by Crippen LogP contribution is -2.48. The molecule has 0 radical (unpaired) electrons. The van der Waals surface area contributed by atoms with Gasteiger partial charge in [-0.2, -0.15) is 5.10 Å². The van der Waals surface area contributed by atoms with Gasteiger partial charge in [-0.3, -0.25) is 14.4 Å². The molecule has 0 saturated carbocycles. The molecule has 1 amide bonds. The lowest BCUT2D eigenvalue weighted by molar-refractivity contribution is 0.0628. The van der Waals surface area contributed by atoms with E-state index in [2.05, 4.69) is 34.3 Å². The number of amides is 1. The largest absolute Gasteiger partial charge is 0.497 e. The van der Waals surface area contributed by atoms with Crippen LogP contribution in [0, 0.1) is 0 Å². The fourth-order valence-corrected chi connectivity index (χ4v) is 3.61. The predicted octanol–water partition coefficient (Wildman–Crippen LogP) is 2.90. The first-order chi connectivity index (χ1) is 14.2. The zero-order valence-electron chi connectivity index (χ0n) is 16.7. The maximum absolute atomic E-state index is 12.8. The van der Waals surface area contributed by atoms with E-state index in [1.807, 2.05) is 46.1 Å². The van der Waals surface area contributed by atoms with Gasteiger partial charge < -0.3 is 9.64 Å². The molecule has 0 atom stereocenters. The monoisotopic (exact) mass is 390 g/mol. The van der Waals surface area contributed by atoms with Gasteiger partial charge in [0.2, 0.25) is 0 Å². The molecule has 1 aliphatic rings. The van der Waals surface area contributed by atoms with Crippen molar-refractivity contribution in [2.24, 2.45) is 0 Å². The summed E-state index contributed by atoms with van der Waals surface area (Å²) in [5.74, 6) is 0.936. The Hall–Kier alpha value is -3.12. The Balaban J connectivity index is 1.29. The molecule has 6 nitrogen and oxygen atoms in total. The van der Waals surface area contributed by atoms with Crippen LogP contribution in [0.1, 0.15) is 21.5 Å². The molecule has 1 saturated heterocycles. The van der Waals surface area contributed by atoms with Crippen LogP contribution in [-0.2, 0) is 13.1 Å². The van der Waals surface area contributed by atoms with Crippen LogP contribution in [0.5, 0.6) is 5.75 Å². The second kappa shape index (κ2) is 8.92. The van der Waals surface area contributed by atoms with Gasteiger partial charge in [-0.05, 0) is 23.3 Å². The molecule has 0 N–H and O–H groups in total. The van der Waals surface area contributed by atoms with E-state index in [9.17, 15) is 4.79 Å². The van der Waals surface area contributed by atoms with E-state index in [0.717, 1.165) is 38.5 Å². The zero-order chi connectivity index (χ0) is 20.1. The topological polar surface area (TPSA) is 50.6 Å². The van der Waals surface area contributed by atoms with Gasteiger partial charge in [-0.25, -0.2) is 0 Å². The highest BCUT2D eigenvalue weighted by Crippen LogP contribution is 2.15. The van der Waals surface area contributed by atoms with Gasteiger partial charge in [0.1, 0.15) is 5.75 Å². The van der Waals surface area contributed by atoms with Crippen molar-refractivity contribution in [1.82, 2.24) is 19.6 Å². The molecule has 2 heterocycles. The van der Waals surface area contributed by atoms with Crippen molar-refractivity contribution < 1.29 is 9.53 Å². The third-order valence-corrected chi connectivity index (χ3v) is 5.29. The van der Waals surface area contributed by atoms with E-state index >= 15 is 0 Å². The molecule has 4 rings (SSSR count). The smallest absolute Gasteiger partial charge is 0.257 e. The van der Waals surface area contributed by atoms with E-state index in [1.54, 1.807) is 13.3 Å². The molecule has 29 heavy (non-hydrogen) atoms. The van der Waals surface area contributed by atoms with E-state index in [1.165, 1.54) is 11.1 Å². The van der Waals surface area contributed by atoms with Crippen molar-refractivity contribution in [3.8, 4) is 5.75 Å². The van der Waals surface area contributed by atoms with Crippen molar-refractivity contribution >= 4 is 5.91 Å². The third kappa shape index (κ3) is 4.84. The molecule has 150 valence electrons. The number of ether oxygens (including phenoxy) is 1. The van der Waals surface area contributed by atoms with Gasteiger partial charge in [0.25, 0.3) is 5.91 Å².